The lowest BCUT2D eigenvalue weighted by molar-refractivity contribution is 0.247. The molecular weight excluding hydrogens is 300 g/mol. The molecule has 0 unspecified atom stereocenters. The fourth-order valence-electron chi connectivity index (χ4n) is 1.73. The van der Waals surface area contributed by atoms with Crippen LogP contribution < -0.4 is 15.4 Å². The van der Waals surface area contributed by atoms with Gasteiger partial charge in [0.15, 0.2) is 0 Å². The van der Waals surface area contributed by atoms with E-state index >= 15 is 0 Å². The van der Waals surface area contributed by atoms with Gasteiger partial charge in [0.25, 0.3) is 0 Å². The summed E-state index contributed by atoms with van der Waals surface area (Å²) in [6, 6.07) is 13.8. The largest absolute Gasteiger partial charge is 0.492 e. The molecular formula is C17H15ClN2O2. The summed E-state index contributed by atoms with van der Waals surface area (Å²) in [5, 5.41) is 6.05. The number of terminal acetylenes is 1. The van der Waals surface area contributed by atoms with Gasteiger partial charge in [0.2, 0.25) is 0 Å². The number of carbonyl (C=O) groups is 1. The molecule has 0 heterocycles. The van der Waals surface area contributed by atoms with Crippen LogP contribution in [0.25, 0.3) is 0 Å². The van der Waals surface area contributed by atoms with Crippen LogP contribution in [0, 0.1) is 12.3 Å². The Hall–Kier alpha value is -2.64. The lowest BCUT2D eigenvalue weighted by Crippen LogP contribution is -2.32. The zero-order chi connectivity index (χ0) is 15.8. The summed E-state index contributed by atoms with van der Waals surface area (Å²) in [6.07, 6.45) is 5.31. The zero-order valence-electron chi connectivity index (χ0n) is 11.8. The number of urea groups is 1. The van der Waals surface area contributed by atoms with Crippen LogP contribution in [-0.2, 0) is 0 Å². The number of ether oxygens (including phenoxy) is 1. The molecule has 0 aliphatic heterocycles. The van der Waals surface area contributed by atoms with Gasteiger partial charge in [0, 0.05) is 16.3 Å². The van der Waals surface area contributed by atoms with E-state index in [-0.39, 0.29) is 6.03 Å². The Labute approximate surface area is 134 Å². The Bertz CT molecular complexity index is 678. The van der Waals surface area contributed by atoms with Gasteiger partial charge < -0.3 is 15.4 Å². The van der Waals surface area contributed by atoms with Gasteiger partial charge in [0.05, 0.1) is 6.54 Å². The predicted molar refractivity (Wildman–Crippen MR) is 88.3 cm³/mol. The Balaban J connectivity index is 1.71. The van der Waals surface area contributed by atoms with E-state index in [1.807, 2.05) is 0 Å². The van der Waals surface area contributed by atoms with Crippen molar-refractivity contribution in [3.63, 3.8) is 0 Å². The van der Waals surface area contributed by atoms with Gasteiger partial charge in [0.1, 0.15) is 12.4 Å². The molecule has 2 aromatic rings. The Kier molecular flexibility index (Phi) is 5.70. The van der Waals surface area contributed by atoms with Gasteiger partial charge in [-0.1, -0.05) is 23.6 Å². The van der Waals surface area contributed by atoms with Crippen LogP contribution in [0.2, 0.25) is 5.02 Å². The summed E-state index contributed by atoms with van der Waals surface area (Å²) in [5.41, 5.74) is 1.36. The summed E-state index contributed by atoms with van der Waals surface area (Å²) >= 11 is 5.78. The van der Waals surface area contributed by atoms with Crippen LogP contribution in [-0.4, -0.2) is 19.2 Å². The average Bonchev–Trinajstić information content (AvgIpc) is 2.53. The van der Waals surface area contributed by atoms with Gasteiger partial charge in [-0.15, -0.1) is 6.42 Å². The fraction of sp³-hybridized carbons (Fsp3) is 0.118. The minimum absolute atomic E-state index is 0.311. The molecule has 2 rings (SSSR count). The third-order valence-corrected chi connectivity index (χ3v) is 3.01. The van der Waals surface area contributed by atoms with Crippen LogP contribution >= 0.6 is 11.6 Å². The molecule has 0 saturated carbocycles. The molecule has 0 saturated heterocycles. The van der Waals surface area contributed by atoms with E-state index in [4.69, 9.17) is 22.8 Å². The highest BCUT2D eigenvalue weighted by atomic mass is 35.5. The Morgan fingerprint density at radius 1 is 1.23 bits per heavy atom. The highest BCUT2D eigenvalue weighted by molar-refractivity contribution is 6.30. The average molecular weight is 315 g/mol. The van der Waals surface area contributed by atoms with Crippen molar-refractivity contribution in [2.45, 2.75) is 0 Å². The number of anilines is 1. The second-order valence-electron chi connectivity index (χ2n) is 4.41. The third-order valence-electron chi connectivity index (χ3n) is 2.76. The van der Waals surface area contributed by atoms with Gasteiger partial charge in [-0.05, 0) is 42.5 Å². The molecule has 2 aromatic carbocycles. The SMILES string of the molecule is C#Cc1cccc(NC(=O)NCCOc2ccc(Cl)cc2)c1. The lowest BCUT2D eigenvalue weighted by Gasteiger charge is -2.09. The molecule has 0 aromatic heterocycles. The topological polar surface area (TPSA) is 50.4 Å². The first kappa shape index (κ1) is 15.7. The van der Waals surface area contributed by atoms with Crippen molar-refractivity contribution in [3.05, 3.63) is 59.1 Å². The number of nitrogens with one attached hydrogen (secondary N) is 2. The summed E-state index contributed by atoms with van der Waals surface area (Å²) < 4.78 is 5.47. The van der Waals surface area contributed by atoms with Crippen molar-refractivity contribution in [1.82, 2.24) is 5.32 Å². The molecule has 0 fully saturated rings. The van der Waals surface area contributed by atoms with Crippen molar-refractivity contribution in [2.75, 3.05) is 18.5 Å². The number of hydrogen-bond donors (Lipinski definition) is 2. The monoisotopic (exact) mass is 314 g/mol. The van der Waals surface area contributed by atoms with Gasteiger partial charge in [-0.3, -0.25) is 0 Å². The summed E-state index contributed by atoms with van der Waals surface area (Å²) in [4.78, 5) is 11.7. The highest BCUT2D eigenvalue weighted by Gasteiger charge is 2.01. The molecule has 0 atom stereocenters. The molecule has 112 valence electrons. The smallest absolute Gasteiger partial charge is 0.319 e. The van der Waals surface area contributed by atoms with Crippen molar-refractivity contribution >= 4 is 23.3 Å². The maximum atomic E-state index is 11.7. The molecule has 0 bridgehead atoms. The minimum Gasteiger partial charge on any atom is -0.492 e. The summed E-state index contributed by atoms with van der Waals surface area (Å²) in [5.74, 6) is 3.22. The van der Waals surface area contributed by atoms with E-state index in [0.29, 0.717) is 35.2 Å². The van der Waals surface area contributed by atoms with Crippen molar-refractivity contribution in [1.29, 1.82) is 0 Å². The number of halogens is 1. The van der Waals surface area contributed by atoms with E-state index in [2.05, 4.69) is 16.6 Å². The van der Waals surface area contributed by atoms with E-state index in [1.54, 1.807) is 48.5 Å². The van der Waals surface area contributed by atoms with E-state index in [0.717, 1.165) is 0 Å². The maximum absolute atomic E-state index is 11.7. The molecule has 0 spiro atoms. The number of benzene rings is 2. The second-order valence-corrected chi connectivity index (χ2v) is 4.84. The molecule has 2 N–H and O–H groups in total. The molecule has 0 aliphatic carbocycles. The van der Waals surface area contributed by atoms with Gasteiger partial charge >= 0.3 is 6.03 Å². The first-order valence-electron chi connectivity index (χ1n) is 6.67. The Morgan fingerprint density at radius 2 is 2.00 bits per heavy atom. The predicted octanol–water partition coefficient (Wildman–Crippen LogP) is 3.52. The normalized spacial score (nSPS) is 9.64. The molecule has 2 amide bonds. The lowest BCUT2D eigenvalue weighted by atomic mass is 10.2. The van der Waals surface area contributed by atoms with Crippen LogP contribution in [0.5, 0.6) is 5.75 Å². The Morgan fingerprint density at radius 3 is 2.73 bits per heavy atom. The molecule has 0 radical (unpaired) electrons. The van der Waals surface area contributed by atoms with E-state index < -0.39 is 0 Å². The number of amides is 2. The maximum Gasteiger partial charge on any atom is 0.319 e. The first-order chi connectivity index (χ1) is 10.7. The summed E-state index contributed by atoms with van der Waals surface area (Å²) in [6.45, 7) is 0.739. The molecule has 0 aliphatic rings. The summed E-state index contributed by atoms with van der Waals surface area (Å²) in [7, 11) is 0. The van der Waals surface area contributed by atoms with Crippen LogP contribution in [0.4, 0.5) is 10.5 Å². The van der Waals surface area contributed by atoms with Crippen LogP contribution in [0.1, 0.15) is 5.56 Å². The minimum atomic E-state index is -0.311. The zero-order valence-corrected chi connectivity index (χ0v) is 12.6. The van der Waals surface area contributed by atoms with E-state index in [1.165, 1.54) is 0 Å². The number of carbonyl (C=O) groups excluding carboxylic acids is 1. The molecule has 22 heavy (non-hydrogen) atoms. The van der Waals surface area contributed by atoms with E-state index in [9.17, 15) is 4.79 Å². The first-order valence-corrected chi connectivity index (χ1v) is 7.05. The van der Waals surface area contributed by atoms with Crippen molar-refractivity contribution in [2.24, 2.45) is 0 Å². The number of rotatable bonds is 5. The van der Waals surface area contributed by atoms with Crippen molar-refractivity contribution < 1.29 is 9.53 Å². The van der Waals surface area contributed by atoms with Crippen LogP contribution in [0.15, 0.2) is 48.5 Å². The fourth-order valence-corrected chi connectivity index (χ4v) is 1.85. The van der Waals surface area contributed by atoms with Crippen LogP contribution in [0.3, 0.4) is 0 Å². The molecule has 4 nitrogen and oxygen atoms in total. The molecule has 5 heteroatoms. The second kappa shape index (κ2) is 7.96. The van der Waals surface area contributed by atoms with Gasteiger partial charge in [-0.25, -0.2) is 4.79 Å². The highest BCUT2D eigenvalue weighted by Crippen LogP contribution is 2.15. The third kappa shape index (κ3) is 5.04. The standard InChI is InChI=1S/C17H15ClN2O2/c1-2-13-4-3-5-15(12-13)20-17(21)19-10-11-22-16-8-6-14(18)7-9-16/h1,3-9,12H,10-11H2,(H2,19,20,21). The quantitative estimate of drug-likeness (QED) is 0.655. The van der Waals surface area contributed by atoms with Crippen molar-refractivity contribution in [3.8, 4) is 18.1 Å². The van der Waals surface area contributed by atoms with Gasteiger partial charge in [-0.2, -0.15) is 0 Å². The number of hydrogen-bond acceptors (Lipinski definition) is 2.